The van der Waals surface area contributed by atoms with Crippen LogP contribution >= 0.6 is 11.6 Å². The summed E-state index contributed by atoms with van der Waals surface area (Å²) in [5, 5.41) is 19.6. The highest BCUT2D eigenvalue weighted by Crippen LogP contribution is 2.37. The molecule has 3 aromatic carbocycles. The Morgan fingerprint density at radius 1 is 0.962 bits per heavy atom. The molecule has 1 fully saturated rings. The van der Waals surface area contributed by atoms with E-state index in [2.05, 4.69) is 68.9 Å². The Balaban J connectivity index is 1.16. The number of nitrogens with zero attached hydrogens (tertiary/aromatic N) is 5. The molecular weight excluding hydrogens is 676 g/mol. The van der Waals surface area contributed by atoms with E-state index in [4.69, 9.17) is 25.8 Å². The van der Waals surface area contributed by atoms with E-state index in [1.54, 1.807) is 24.7 Å². The fourth-order valence-electron chi connectivity index (χ4n) is 6.56. The highest BCUT2D eigenvalue weighted by atomic mass is 35.5. The number of aromatic nitrogens is 3. The van der Waals surface area contributed by atoms with Crippen LogP contribution in [-0.2, 0) is 26.3 Å². The van der Waals surface area contributed by atoms with Gasteiger partial charge in [0.25, 0.3) is 0 Å². The van der Waals surface area contributed by atoms with Gasteiger partial charge in [0, 0.05) is 68.2 Å². The average Bonchev–Trinajstić information content (AvgIpc) is 3.82. The lowest BCUT2D eigenvalue weighted by molar-refractivity contribution is 0.173. The second kappa shape index (κ2) is 17.5. The number of β-amino-alcohol motifs (C(OH)–C–C–N with tert-alkyl or cyclic N) is 1. The van der Waals surface area contributed by atoms with Crippen molar-refractivity contribution in [1.82, 2.24) is 24.8 Å². The van der Waals surface area contributed by atoms with Crippen LogP contribution in [0.4, 0.5) is 0 Å². The van der Waals surface area contributed by atoms with E-state index >= 15 is 0 Å². The minimum Gasteiger partial charge on any atom is -0.493 e. The smallest absolute Gasteiger partial charge is 0.142 e. The summed E-state index contributed by atoms with van der Waals surface area (Å²) >= 11 is 6.86. The molecule has 1 saturated heterocycles. The summed E-state index contributed by atoms with van der Waals surface area (Å²) in [6.07, 6.45) is 8.32. The minimum absolute atomic E-state index is 0.201. The number of imidazole rings is 1. The zero-order valence-corrected chi connectivity index (χ0v) is 30.7. The first-order valence-electron chi connectivity index (χ1n) is 17.6. The molecule has 0 saturated carbocycles. The summed E-state index contributed by atoms with van der Waals surface area (Å²) in [4.78, 5) is 16.1. The molecule has 5 aromatic rings. The Morgan fingerprint density at radius 3 is 2.54 bits per heavy atom. The van der Waals surface area contributed by atoms with Crippen molar-refractivity contribution in [3.63, 3.8) is 0 Å². The summed E-state index contributed by atoms with van der Waals surface area (Å²) in [6, 6.07) is 20.1. The van der Waals surface area contributed by atoms with Crippen molar-refractivity contribution in [2.24, 2.45) is 0 Å². The van der Waals surface area contributed by atoms with E-state index in [0.717, 1.165) is 83.0 Å². The monoisotopic (exact) mass is 720 g/mol. The number of aliphatic hydroxyl groups is 1. The molecule has 1 aliphatic heterocycles. The molecule has 2 aromatic heterocycles. The van der Waals surface area contributed by atoms with E-state index in [1.165, 1.54) is 6.20 Å². The maximum atomic E-state index is 9.80. The maximum Gasteiger partial charge on any atom is 0.142 e. The Kier molecular flexibility index (Phi) is 12.4. The van der Waals surface area contributed by atoms with Gasteiger partial charge in [-0.1, -0.05) is 41.9 Å². The molecule has 6 rings (SSSR count). The number of benzene rings is 3. The van der Waals surface area contributed by atoms with Crippen molar-refractivity contribution in [2.45, 2.75) is 59.1 Å². The van der Waals surface area contributed by atoms with E-state index in [0.29, 0.717) is 48.4 Å². The van der Waals surface area contributed by atoms with Gasteiger partial charge in [-0.2, -0.15) is 5.26 Å². The Labute approximate surface area is 310 Å². The van der Waals surface area contributed by atoms with E-state index < -0.39 is 0 Å². The first kappa shape index (κ1) is 36.9. The largest absolute Gasteiger partial charge is 0.493 e. The van der Waals surface area contributed by atoms with Gasteiger partial charge in [0.1, 0.15) is 42.4 Å². The van der Waals surface area contributed by atoms with Gasteiger partial charge in [0.15, 0.2) is 0 Å². The van der Waals surface area contributed by atoms with E-state index in [9.17, 15) is 10.4 Å². The van der Waals surface area contributed by atoms with Crippen molar-refractivity contribution in [3.8, 4) is 34.4 Å². The third kappa shape index (κ3) is 9.49. The van der Waals surface area contributed by atoms with Crippen LogP contribution in [0, 0.1) is 25.2 Å². The predicted molar refractivity (Wildman–Crippen MR) is 201 cm³/mol. The number of nitrogens with one attached hydrogen (secondary N) is 1. The molecule has 270 valence electrons. The van der Waals surface area contributed by atoms with Crippen LogP contribution in [0.1, 0.15) is 52.0 Å². The van der Waals surface area contributed by atoms with Crippen LogP contribution in [0.15, 0.2) is 79.4 Å². The molecule has 11 heteroatoms. The number of pyridine rings is 1. The van der Waals surface area contributed by atoms with Crippen molar-refractivity contribution >= 4 is 11.6 Å². The number of aromatic amines is 1. The molecular formula is C41H45ClN6O4. The Morgan fingerprint density at radius 2 is 1.77 bits per heavy atom. The fraction of sp³-hybridized carbons (Fsp3) is 0.341. The molecule has 0 aliphatic carbocycles. The number of hydrogen-bond donors (Lipinski definition) is 2. The van der Waals surface area contributed by atoms with Gasteiger partial charge in [-0.05, 0) is 79.8 Å². The summed E-state index contributed by atoms with van der Waals surface area (Å²) < 4.78 is 19.0. The highest BCUT2D eigenvalue weighted by Gasteiger charge is 2.20. The van der Waals surface area contributed by atoms with Gasteiger partial charge in [-0.15, -0.1) is 0 Å². The second-order valence-corrected chi connectivity index (χ2v) is 13.7. The van der Waals surface area contributed by atoms with Crippen molar-refractivity contribution in [1.29, 1.82) is 5.26 Å². The highest BCUT2D eigenvalue weighted by molar-refractivity contribution is 6.32. The number of rotatable bonds is 16. The first-order chi connectivity index (χ1) is 25.3. The van der Waals surface area contributed by atoms with Crippen LogP contribution in [0.3, 0.4) is 0 Å². The van der Waals surface area contributed by atoms with Gasteiger partial charge in [0.05, 0.1) is 29.8 Å². The van der Waals surface area contributed by atoms with Gasteiger partial charge < -0.3 is 29.2 Å². The topological polar surface area (TPSA) is 120 Å². The van der Waals surface area contributed by atoms with Crippen molar-refractivity contribution < 1.29 is 19.3 Å². The lowest BCUT2D eigenvalue weighted by Crippen LogP contribution is -2.24. The first-order valence-corrected chi connectivity index (χ1v) is 18.0. The standard InChI is InChI=1S/C41H45ClN6O4/c1-28-32(7-4-8-35(28)36-9-5-10-38(29(36)2)50-16-6-14-48-15-11-34(49)24-48)27-52-40-19-39(51-26-31-17-30(20-43)21-44-22-31)33(18-37(40)42)23-47(3)25-41-45-12-13-46-41/h4-5,7-10,12-13,17-19,21-22,34,49H,6,11,14-16,23-27H2,1-3H3,(H,45,46)/t34-/m1/s1. The number of aliphatic hydroxyl groups excluding tert-OH is 1. The molecule has 0 radical (unpaired) electrons. The number of hydrogen-bond acceptors (Lipinski definition) is 9. The second-order valence-electron chi connectivity index (χ2n) is 13.3. The molecule has 3 heterocycles. The van der Waals surface area contributed by atoms with Gasteiger partial charge in [-0.25, -0.2) is 4.98 Å². The Hall–Kier alpha value is -4.92. The molecule has 52 heavy (non-hydrogen) atoms. The summed E-state index contributed by atoms with van der Waals surface area (Å²) in [5.41, 5.74) is 7.63. The normalized spacial score (nSPS) is 14.4. The SMILES string of the molecule is Cc1c(COc2cc(OCc3cncc(C#N)c3)c(CN(C)Cc3ncc[nH]3)cc2Cl)cccc1-c1cccc(OCCCN2CC[C@@H](O)C2)c1C. The number of nitriles is 1. The molecule has 0 spiro atoms. The minimum atomic E-state index is -0.201. The number of likely N-dealkylation sites (tertiary alicyclic amines) is 1. The van der Waals surface area contributed by atoms with E-state index in [1.807, 2.05) is 31.3 Å². The lowest BCUT2D eigenvalue weighted by Gasteiger charge is -2.20. The van der Waals surface area contributed by atoms with Crippen molar-refractivity contribution in [2.75, 3.05) is 33.3 Å². The molecule has 1 atom stereocenters. The predicted octanol–water partition coefficient (Wildman–Crippen LogP) is 7.24. The zero-order valence-electron chi connectivity index (χ0n) is 29.9. The van der Waals surface area contributed by atoms with Gasteiger partial charge in [-0.3, -0.25) is 9.88 Å². The van der Waals surface area contributed by atoms with E-state index in [-0.39, 0.29) is 12.7 Å². The van der Waals surface area contributed by atoms with Crippen LogP contribution in [0.25, 0.3) is 11.1 Å². The van der Waals surface area contributed by atoms with Crippen molar-refractivity contribution in [3.05, 3.63) is 124 Å². The summed E-state index contributed by atoms with van der Waals surface area (Å²) in [7, 11) is 2.01. The third-order valence-corrected chi connectivity index (χ3v) is 9.67. The lowest BCUT2D eigenvalue weighted by atomic mass is 9.93. The average molecular weight is 721 g/mol. The molecule has 2 N–H and O–H groups in total. The molecule has 0 unspecified atom stereocenters. The number of halogens is 1. The molecule has 0 amide bonds. The fourth-order valence-corrected chi connectivity index (χ4v) is 6.80. The van der Waals surface area contributed by atoms with Crippen LogP contribution < -0.4 is 14.2 Å². The van der Waals surface area contributed by atoms with Gasteiger partial charge >= 0.3 is 0 Å². The maximum absolute atomic E-state index is 9.80. The summed E-state index contributed by atoms with van der Waals surface area (Å²) in [5.74, 6) is 2.88. The summed E-state index contributed by atoms with van der Waals surface area (Å²) in [6.45, 7) is 9.17. The van der Waals surface area contributed by atoms with Gasteiger partial charge in [0.2, 0.25) is 0 Å². The zero-order chi connectivity index (χ0) is 36.5. The number of ether oxygens (including phenoxy) is 3. The van der Waals surface area contributed by atoms with Crippen LogP contribution in [0.2, 0.25) is 5.02 Å². The third-order valence-electron chi connectivity index (χ3n) is 9.38. The van der Waals surface area contributed by atoms with Crippen LogP contribution in [0.5, 0.6) is 17.2 Å². The quantitative estimate of drug-likeness (QED) is 0.102. The number of H-pyrrole nitrogens is 1. The van der Waals surface area contributed by atoms with Crippen LogP contribution in [-0.4, -0.2) is 69.3 Å². The molecule has 1 aliphatic rings. The Bertz CT molecular complexity index is 2000. The molecule has 10 nitrogen and oxygen atoms in total. The molecule has 0 bridgehead atoms.